The van der Waals surface area contributed by atoms with Crippen LogP contribution in [-0.2, 0) is 43.9 Å². The van der Waals surface area contributed by atoms with E-state index in [4.69, 9.17) is 50.8 Å². The molecule has 0 amide bonds. The molecule has 0 saturated carbocycles. The SMILES string of the molecule is C=Nc1c(N(C)[C@@H]2O[C@@H]3COP(O)(=S)O[C@H]4[C@@H](O)[C@H](n5cnc6c(=O)[nH]c(N)nc65)O[C@@H]4COP(=O)(S)O[C@H]3[C@H]2O)nc(N)[nH]c1=O. The summed E-state index contributed by atoms with van der Waals surface area (Å²) in [7, 11) is 1.40. The number of fused-ring (bicyclic) bond motifs is 3. The van der Waals surface area contributed by atoms with Crippen LogP contribution in [0.1, 0.15) is 6.23 Å². The number of aromatic nitrogens is 6. The van der Waals surface area contributed by atoms with Crippen LogP contribution < -0.4 is 27.5 Å². The monoisotopic (exact) mass is 738 g/mol. The Balaban J connectivity index is 1.27. The molecule has 256 valence electrons. The van der Waals surface area contributed by atoms with Gasteiger partial charge >= 0.3 is 13.5 Å². The molecular weight excluding hydrogens is 710 g/mol. The number of H-pyrrole nitrogens is 2. The zero-order chi connectivity index (χ0) is 34.0. The van der Waals surface area contributed by atoms with Gasteiger partial charge in [0.15, 0.2) is 35.1 Å². The summed E-state index contributed by atoms with van der Waals surface area (Å²) in [6.45, 7) is -6.45. The first-order chi connectivity index (χ1) is 22.1. The van der Waals surface area contributed by atoms with Crippen molar-refractivity contribution in [3.05, 3.63) is 27.0 Å². The molecule has 2 unspecified atom stereocenters. The standard InChI is InChI=1S/C21H28N10O12P2S2/c1-24-8-14(26-20(22)28-16(8)34)30(2)18-10(32)12-6(40-18)3-38-45(37,47)43-13-7(4-39-44(36,46)42-12)41-19(11(13)33)31-5-25-9-15(31)27-21(23)29-17(9)35/h5-7,10-13,18-19,32-33H,1,3-4H2,2H3,(H,36,46)(H,37,47)(H3,22,26,28,34)(H3,23,27,29,35)/t6-,7-,10-,11-,12-,13-,18-,19-,44?,45?/m1/s1. The molecule has 3 aromatic heterocycles. The number of nitrogen functional groups attached to an aromatic ring is 2. The molecule has 10 atom stereocenters. The number of thiol groups is 1. The minimum Gasteiger partial charge on any atom is -0.386 e. The van der Waals surface area contributed by atoms with E-state index in [1.165, 1.54) is 22.8 Å². The maximum absolute atomic E-state index is 13.5. The summed E-state index contributed by atoms with van der Waals surface area (Å²) in [6.07, 6.45) is -10.3. The molecule has 3 aromatic rings. The maximum atomic E-state index is 13.5. The van der Waals surface area contributed by atoms with Gasteiger partial charge in [0.1, 0.15) is 36.6 Å². The summed E-state index contributed by atoms with van der Waals surface area (Å²) in [6, 6.07) is 0. The largest absolute Gasteiger partial charge is 0.386 e. The van der Waals surface area contributed by atoms with Gasteiger partial charge in [0, 0.05) is 7.05 Å². The average Bonchev–Trinajstić information content (AvgIpc) is 3.63. The minimum absolute atomic E-state index is 0.0381. The zero-order valence-electron chi connectivity index (χ0n) is 23.9. The van der Waals surface area contributed by atoms with Crippen LogP contribution in [0.25, 0.3) is 11.2 Å². The Bertz CT molecular complexity index is 1930. The number of hydrogen-bond donors (Lipinski definition) is 8. The second kappa shape index (κ2) is 12.6. The van der Waals surface area contributed by atoms with E-state index >= 15 is 0 Å². The molecule has 0 radical (unpaired) electrons. The number of likely N-dealkylation sites (N-methyl/N-ethyl adjacent to an activating group) is 1. The molecule has 0 aliphatic carbocycles. The first kappa shape index (κ1) is 34.0. The lowest BCUT2D eigenvalue weighted by atomic mass is 10.1. The number of ether oxygens (including phenoxy) is 2. The normalized spacial score (nSPS) is 36.3. The van der Waals surface area contributed by atoms with E-state index in [0.717, 1.165) is 0 Å². The molecule has 9 N–H and O–H groups in total. The van der Waals surface area contributed by atoms with Crippen LogP contribution in [0.4, 0.5) is 23.4 Å². The summed E-state index contributed by atoms with van der Waals surface area (Å²) in [5.41, 5.74) is 9.63. The van der Waals surface area contributed by atoms with Gasteiger partial charge in [-0.2, -0.15) is 9.97 Å². The van der Waals surface area contributed by atoms with E-state index in [0.29, 0.717) is 0 Å². The molecule has 3 aliphatic rings. The molecule has 26 heteroatoms. The summed E-state index contributed by atoms with van der Waals surface area (Å²) in [4.78, 5) is 57.2. The smallest absolute Gasteiger partial charge is 0.386 e. The highest BCUT2D eigenvalue weighted by molar-refractivity contribution is 8.44. The number of nitrogens with one attached hydrogen (secondary N) is 2. The number of nitrogens with zero attached hydrogens (tertiary/aromatic N) is 6. The highest BCUT2D eigenvalue weighted by atomic mass is 32.7. The first-order valence-electron chi connectivity index (χ1n) is 13.4. The lowest BCUT2D eigenvalue weighted by Crippen LogP contribution is -2.43. The number of nitrogens with two attached hydrogens (primary N) is 2. The van der Waals surface area contributed by atoms with E-state index in [1.54, 1.807) is 0 Å². The van der Waals surface area contributed by atoms with Crippen molar-refractivity contribution < 1.29 is 47.2 Å². The van der Waals surface area contributed by atoms with Crippen LogP contribution in [0.5, 0.6) is 0 Å². The van der Waals surface area contributed by atoms with Crippen LogP contribution in [-0.4, -0.2) is 114 Å². The summed E-state index contributed by atoms with van der Waals surface area (Å²) >= 11 is 9.25. The molecule has 6 rings (SSSR count). The molecule has 3 aliphatic heterocycles. The Kier molecular flexibility index (Phi) is 9.10. The van der Waals surface area contributed by atoms with Crippen molar-refractivity contribution in [3.63, 3.8) is 0 Å². The fraction of sp³-hybridized carbons (Fsp3) is 0.524. The fourth-order valence-electron chi connectivity index (χ4n) is 5.33. The molecule has 47 heavy (non-hydrogen) atoms. The third kappa shape index (κ3) is 6.49. The lowest BCUT2D eigenvalue weighted by molar-refractivity contribution is -0.0534. The van der Waals surface area contributed by atoms with Crippen LogP contribution in [0.3, 0.4) is 0 Å². The van der Waals surface area contributed by atoms with E-state index in [9.17, 15) is 29.3 Å². The van der Waals surface area contributed by atoms with Gasteiger partial charge in [0.25, 0.3) is 11.1 Å². The Hall–Kier alpha value is -2.83. The maximum Gasteiger partial charge on any atom is 0.386 e. The summed E-state index contributed by atoms with van der Waals surface area (Å²) in [5, 5.41) is 22.5. The van der Waals surface area contributed by atoms with Crippen molar-refractivity contribution in [2.75, 3.05) is 36.6 Å². The van der Waals surface area contributed by atoms with Crippen LogP contribution in [0, 0.1) is 0 Å². The quantitative estimate of drug-likeness (QED) is 0.0836. The number of imidazole rings is 1. The number of anilines is 3. The van der Waals surface area contributed by atoms with Gasteiger partial charge in [-0.1, -0.05) is 12.2 Å². The molecular formula is C21H28N10O12P2S2. The predicted molar refractivity (Wildman–Crippen MR) is 169 cm³/mol. The van der Waals surface area contributed by atoms with Crippen molar-refractivity contribution in [1.82, 2.24) is 29.5 Å². The topological polar surface area (TPSA) is 310 Å². The number of rotatable bonds is 4. The van der Waals surface area contributed by atoms with Crippen LogP contribution in [0.2, 0.25) is 0 Å². The van der Waals surface area contributed by atoms with Crippen molar-refractivity contribution in [3.8, 4) is 0 Å². The number of aliphatic hydroxyl groups is 2. The molecule has 6 heterocycles. The zero-order valence-corrected chi connectivity index (χ0v) is 27.4. The Labute approximate surface area is 273 Å². The predicted octanol–water partition coefficient (Wildman–Crippen LogP) is -1.75. The number of aromatic amines is 2. The second-order valence-corrected chi connectivity index (χ2v) is 16.1. The fourth-order valence-corrected chi connectivity index (χ4v) is 8.27. The van der Waals surface area contributed by atoms with Crippen LogP contribution >= 0.6 is 25.8 Å². The van der Waals surface area contributed by atoms with E-state index in [2.05, 4.69) is 48.9 Å². The molecule has 22 nitrogen and oxygen atoms in total. The molecule has 3 saturated heterocycles. The summed E-state index contributed by atoms with van der Waals surface area (Å²) in [5.74, 6) is -0.609. The third-order valence-corrected chi connectivity index (χ3v) is 10.6. The van der Waals surface area contributed by atoms with E-state index in [1.807, 2.05) is 0 Å². The second-order valence-electron chi connectivity index (χ2n) is 10.4. The van der Waals surface area contributed by atoms with Gasteiger partial charge in [-0.3, -0.25) is 42.7 Å². The van der Waals surface area contributed by atoms with Gasteiger partial charge in [-0.15, -0.1) is 0 Å². The number of hydrogen-bond acceptors (Lipinski definition) is 19. The van der Waals surface area contributed by atoms with Gasteiger partial charge in [-0.25, -0.2) is 9.55 Å². The van der Waals surface area contributed by atoms with Crippen molar-refractivity contribution >= 4 is 78.9 Å². The van der Waals surface area contributed by atoms with Gasteiger partial charge in [0.05, 0.1) is 19.5 Å². The highest BCUT2D eigenvalue weighted by Gasteiger charge is 2.53. The molecule has 0 bridgehead atoms. The van der Waals surface area contributed by atoms with Crippen molar-refractivity contribution in [1.29, 1.82) is 0 Å². The first-order valence-corrected chi connectivity index (χ1v) is 18.7. The average molecular weight is 739 g/mol. The van der Waals surface area contributed by atoms with E-state index in [-0.39, 0.29) is 34.6 Å². The van der Waals surface area contributed by atoms with Gasteiger partial charge in [0.2, 0.25) is 11.9 Å². The Morgan fingerprint density at radius 2 is 1.72 bits per heavy atom. The summed E-state index contributed by atoms with van der Waals surface area (Å²) < 4.78 is 48.8. The van der Waals surface area contributed by atoms with Gasteiger partial charge in [-0.05, 0) is 18.5 Å². The van der Waals surface area contributed by atoms with Crippen molar-refractivity contribution in [2.45, 2.75) is 49.1 Å². The highest BCUT2D eigenvalue weighted by Crippen LogP contribution is 2.58. The third-order valence-electron chi connectivity index (χ3n) is 7.43. The number of aliphatic hydroxyl groups excluding tert-OH is 2. The minimum atomic E-state index is -4.37. The lowest BCUT2D eigenvalue weighted by Gasteiger charge is -2.29. The Morgan fingerprint density at radius 3 is 2.45 bits per heavy atom. The van der Waals surface area contributed by atoms with Crippen LogP contribution in [0.15, 0.2) is 20.9 Å². The van der Waals surface area contributed by atoms with Crippen molar-refractivity contribution in [2.24, 2.45) is 4.99 Å². The Morgan fingerprint density at radius 1 is 1.09 bits per heavy atom. The molecule has 0 aromatic carbocycles. The number of aliphatic imine (C=N–C) groups is 1. The molecule has 0 spiro atoms. The molecule has 3 fully saturated rings. The van der Waals surface area contributed by atoms with Gasteiger partial charge < -0.3 is 45.5 Å². The van der Waals surface area contributed by atoms with E-state index < -0.39 is 86.9 Å².